The van der Waals surface area contributed by atoms with Crippen molar-refractivity contribution in [3.63, 3.8) is 0 Å². The molecular weight excluding hydrogens is 749 g/mol. The van der Waals surface area contributed by atoms with E-state index in [0.717, 1.165) is 29.4 Å². The minimum atomic E-state index is -0.635. The van der Waals surface area contributed by atoms with E-state index in [9.17, 15) is 9.59 Å². The molecule has 6 heterocycles. The maximum atomic E-state index is 11.6. The first-order chi connectivity index (χ1) is 22.3. The second-order valence-corrected chi connectivity index (χ2v) is 17.1. The molecule has 2 saturated heterocycles. The van der Waals surface area contributed by atoms with E-state index in [1.54, 1.807) is 56.7 Å². The Kier molecular flexibility index (Phi) is 13.5. The van der Waals surface area contributed by atoms with Gasteiger partial charge >= 0.3 is 11.9 Å². The predicted molar refractivity (Wildman–Crippen MR) is 194 cm³/mol. The Labute approximate surface area is 298 Å². The minimum absolute atomic E-state index is 0.355. The first-order valence-corrected chi connectivity index (χ1v) is 20.2. The van der Waals surface area contributed by atoms with Gasteiger partial charge in [-0.05, 0) is 67.4 Å². The van der Waals surface area contributed by atoms with Gasteiger partial charge in [-0.2, -0.15) is 0 Å². The Hall–Kier alpha value is -1.88. The SMILES string of the molecule is COC(=O)C1CN(C(=S)SSC(=S)N2CCOC(C(=O)OC)C2)CCO1.c1cnc2sc(SSc3nc4cccnc4s3)nc2c1. The highest BCUT2D eigenvalue weighted by molar-refractivity contribution is 8.89. The fourth-order valence-electron chi connectivity index (χ4n) is 4.00. The third-order valence-corrected chi connectivity index (χ3v) is 14.9. The van der Waals surface area contributed by atoms with Crippen LogP contribution in [0.25, 0.3) is 20.7 Å². The summed E-state index contributed by atoms with van der Waals surface area (Å²) in [6.07, 6.45) is 2.32. The summed E-state index contributed by atoms with van der Waals surface area (Å²) >= 11 is 14.1. The molecule has 6 rings (SSSR count). The molecule has 2 aliphatic rings. The van der Waals surface area contributed by atoms with Crippen LogP contribution in [-0.4, -0.2) is 116 Å². The molecule has 0 aliphatic carbocycles. The van der Waals surface area contributed by atoms with Crippen LogP contribution >= 0.6 is 90.3 Å². The van der Waals surface area contributed by atoms with Crippen LogP contribution in [0.15, 0.2) is 45.3 Å². The number of carbonyl (C=O) groups is 2. The van der Waals surface area contributed by atoms with Gasteiger partial charge < -0.3 is 28.7 Å². The molecule has 2 atom stereocenters. The van der Waals surface area contributed by atoms with Crippen molar-refractivity contribution in [1.29, 1.82) is 0 Å². The molecule has 2 unspecified atom stereocenters. The highest BCUT2D eigenvalue weighted by Crippen LogP contribution is 2.42. The number of thiocarbonyl (C=S) groups is 2. The fraction of sp³-hybridized carbons (Fsp3) is 0.385. The van der Waals surface area contributed by atoms with Crippen molar-refractivity contribution in [3.8, 4) is 0 Å². The Bertz CT molecular complexity index is 1500. The Balaban J connectivity index is 0.000000186. The van der Waals surface area contributed by atoms with Crippen molar-refractivity contribution in [1.82, 2.24) is 29.7 Å². The van der Waals surface area contributed by atoms with Crippen LogP contribution in [-0.2, 0) is 28.5 Å². The summed E-state index contributed by atoms with van der Waals surface area (Å²) in [5.74, 6) is -0.819. The van der Waals surface area contributed by atoms with Gasteiger partial charge in [0.05, 0.1) is 40.5 Å². The lowest BCUT2D eigenvalue weighted by molar-refractivity contribution is -0.158. The van der Waals surface area contributed by atoms with E-state index in [0.29, 0.717) is 48.0 Å². The summed E-state index contributed by atoms with van der Waals surface area (Å²) in [6.45, 7) is 2.73. The van der Waals surface area contributed by atoms with Gasteiger partial charge in [0.25, 0.3) is 0 Å². The molecule has 4 aromatic rings. The molecule has 0 N–H and O–H groups in total. The molecule has 0 spiro atoms. The standard InChI is InChI=1S/C14H20N2O6S4.C12H6N4S4/c1-19-11(17)9-7-15(3-5-21-9)13(23)25-26-14(24)16-4-6-22-10(8-16)12(18)20-2;1-3-7-9(13-5-1)17-11(15-7)19-20-12-16-8-4-2-6-14-10(8)18-12/h9-10H,3-8H2,1-2H3;1-6H. The summed E-state index contributed by atoms with van der Waals surface area (Å²) in [4.78, 5) is 46.7. The number of nitrogens with zero attached hydrogens (tertiary/aromatic N) is 6. The lowest BCUT2D eigenvalue weighted by Gasteiger charge is -2.34. The van der Waals surface area contributed by atoms with Crippen LogP contribution in [0.1, 0.15) is 0 Å². The number of hydrogen-bond acceptors (Lipinski definition) is 18. The highest BCUT2D eigenvalue weighted by Gasteiger charge is 2.31. The van der Waals surface area contributed by atoms with Crippen LogP contribution in [0.4, 0.5) is 0 Å². The van der Waals surface area contributed by atoms with E-state index in [2.05, 4.69) is 19.9 Å². The summed E-state index contributed by atoms with van der Waals surface area (Å²) in [5, 5.41) is 0. The molecule has 2 fully saturated rings. The maximum Gasteiger partial charge on any atom is 0.336 e. The zero-order valence-electron chi connectivity index (χ0n) is 24.3. The topological polar surface area (TPSA) is 129 Å². The fourth-order valence-corrected chi connectivity index (χ4v) is 11.0. The molecule has 0 radical (unpaired) electrons. The molecule has 0 aromatic carbocycles. The highest BCUT2D eigenvalue weighted by atomic mass is 33.1. The van der Waals surface area contributed by atoms with Crippen molar-refractivity contribution >= 4 is 132 Å². The summed E-state index contributed by atoms with van der Waals surface area (Å²) < 4.78 is 23.4. The first-order valence-electron chi connectivity index (χ1n) is 13.4. The second kappa shape index (κ2) is 17.5. The van der Waals surface area contributed by atoms with Crippen molar-refractivity contribution in [2.75, 3.05) is 53.6 Å². The number of aromatic nitrogens is 4. The lowest BCUT2D eigenvalue weighted by Crippen LogP contribution is -2.48. The Morgan fingerprint density at radius 2 is 1.24 bits per heavy atom. The number of thiazole rings is 2. The van der Waals surface area contributed by atoms with Crippen molar-refractivity contribution < 1.29 is 28.5 Å². The van der Waals surface area contributed by atoms with Gasteiger partial charge in [0.2, 0.25) is 0 Å². The molecule has 20 heteroatoms. The predicted octanol–water partition coefficient (Wildman–Crippen LogP) is 5.18. The van der Waals surface area contributed by atoms with E-state index >= 15 is 0 Å². The summed E-state index contributed by atoms with van der Waals surface area (Å²) in [6, 6.07) is 7.77. The van der Waals surface area contributed by atoms with E-state index in [4.69, 9.17) is 43.4 Å². The molecule has 0 bridgehead atoms. The zero-order valence-corrected chi connectivity index (χ0v) is 30.8. The van der Waals surface area contributed by atoms with Gasteiger partial charge in [0, 0.05) is 25.5 Å². The monoisotopic (exact) mass is 774 g/mol. The number of methoxy groups -OCH3 is 2. The largest absolute Gasteiger partial charge is 0.467 e. The first kappa shape index (κ1) is 35.4. The second-order valence-electron chi connectivity index (χ2n) is 9.14. The third-order valence-electron chi connectivity index (χ3n) is 6.24. The lowest BCUT2D eigenvalue weighted by atomic mass is 10.3. The molecule has 0 amide bonds. The number of carbonyl (C=O) groups excluding carboxylic acids is 2. The molecule has 244 valence electrons. The normalized spacial score (nSPS) is 18.1. The Morgan fingerprint density at radius 1 is 0.804 bits per heavy atom. The molecule has 0 saturated carbocycles. The zero-order chi connectivity index (χ0) is 32.5. The summed E-state index contributed by atoms with van der Waals surface area (Å²) in [7, 11) is 8.59. The van der Waals surface area contributed by atoms with E-state index in [-0.39, 0.29) is 0 Å². The molecule has 46 heavy (non-hydrogen) atoms. The van der Waals surface area contributed by atoms with Gasteiger partial charge in [-0.25, -0.2) is 29.5 Å². The summed E-state index contributed by atoms with van der Waals surface area (Å²) in [5.41, 5.74) is 1.90. The minimum Gasteiger partial charge on any atom is -0.467 e. The van der Waals surface area contributed by atoms with Crippen LogP contribution in [0.3, 0.4) is 0 Å². The van der Waals surface area contributed by atoms with E-state index < -0.39 is 24.1 Å². The van der Waals surface area contributed by atoms with Crippen LogP contribution in [0.5, 0.6) is 0 Å². The van der Waals surface area contributed by atoms with E-state index in [1.165, 1.54) is 35.8 Å². The van der Waals surface area contributed by atoms with Crippen molar-refractivity contribution in [2.45, 2.75) is 20.9 Å². The van der Waals surface area contributed by atoms with Gasteiger partial charge in [-0.1, -0.05) is 47.1 Å². The quantitative estimate of drug-likeness (QED) is 0.150. The molecular formula is C26H26N6O6S8. The average Bonchev–Trinajstić information content (AvgIpc) is 3.73. The Morgan fingerprint density at radius 3 is 1.63 bits per heavy atom. The van der Waals surface area contributed by atoms with Gasteiger partial charge in [0.15, 0.2) is 20.9 Å². The number of fused-ring (bicyclic) bond motifs is 2. The maximum absolute atomic E-state index is 11.6. The van der Waals surface area contributed by atoms with E-state index in [1.807, 2.05) is 34.1 Å². The van der Waals surface area contributed by atoms with Crippen molar-refractivity contribution in [2.24, 2.45) is 0 Å². The smallest absolute Gasteiger partial charge is 0.336 e. The number of ether oxygens (including phenoxy) is 4. The van der Waals surface area contributed by atoms with Gasteiger partial charge in [-0.15, -0.1) is 0 Å². The number of hydrogen-bond donors (Lipinski definition) is 0. The van der Waals surface area contributed by atoms with Crippen LogP contribution in [0.2, 0.25) is 0 Å². The van der Waals surface area contributed by atoms with Gasteiger partial charge in [0.1, 0.15) is 29.3 Å². The number of rotatable bonds is 5. The molecule has 4 aromatic heterocycles. The van der Waals surface area contributed by atoms with Gasteiger partial charge in [-0.3, -0.25) is 0 Å². The number of esters is 2. The average molecular weight is 775 g/mol. The van der Waals surface area contributed by atoms with Crippen molar-refractivity contribution in [3.05, 3.63) is 36.7 Å². The number of pyridine rings is 2. The van der Waals surface area contributed by atoms with Crippen LogP contribution in [0, 0.1) is 0 Å². The van der Waals surface area contributed by atoms with Crippen LogP contribution < -0.4 is 0 Å². The number of morpholine rings is 2. The molecule has 2 aliphatic heterocycles. The third kappa shape index (κ3) is 9.60. The molecule has 12 nitrogen and oxygen atoms in total.